The Balaban J connectivity index is 2.53. The Morgan fingerprint density at radius 2 is 2.04 bits per heavy atom. The summed E-state index contributed by atoms with van der Waals surface area (Å²) in [5.41, 5.74) is -0.0474. The van der Waals surface area contributed by atoms with E-state index in [0.29, 0.717) is 37.9 Å². The molecule has 0 unspecified atom stereocenters. The first-order chi connectivity index (χ1) is 12.2. The van der Waals surface area contributed by atoms with Crippen molar-refractivity contribution in [3.63, 3.8) is 0 Å². The highest BCUT2D eigenvalue weighted by molar-refractivity contribution is 7.07. The number of halogens is 1. The number of rotatable bonds is 5. The maximum atomic E-state index is 12.2. The van der Waals surface area contributed by atoms with Crippen LogP contribution in [0.1, 0.15) is 33.3 Å². The summed E-state index contributed by atoms with van der Waals surface area (Å²) in [5.74, 6) is 0.916. The lowest BCUT2D eigenvalue weighted by atomic mass is 9.91. The van der Waals surface area contributed by atoms with Gasteiger partial charge in [0.05, 0.1) is 27.9 Å². The van der Waals surface area contributed by atoms with Crippen LogP contribution in [0.15, 0.2) is 16.9 Å². The molecule has 0 aliphatic rings. The number of benzene rings is 1. The number of aromatic nitrogens is 1. The van der Waals surface area contributed by atoms with Gasteiger partial charge in [0.1, 0.15) is 0 Å². The van der Waals surface area contributed by atoms with Gasteiger partial charge in [0.25, 0.3) is 5.56 Å². The van der Waals surface area contributed by atoms with Crippen LogP contribution in [-0.4, -0.2) is 24.5 Å². The standard InChI is InChI=1S/C19H22ClNO4S/c1-6-25-13-8-11(7-12(20)17(13)24-5)9-14-18(23)21-16(26-14)10-15(22)19(2,3)4/h7-10H,6H2,1-5H3,(H,21,23). The van der Waals surface area contributed by atoms with Gasteiger partial charge in [0.15, 0.2) is 17.3 Å². The molecular formula is C19H22ClNO4S. The van der Waals surface area contributed by atoms with E-state index < -0.39 is 5.41 Å². The Labute approximate surface area is 160 Å². The van der Waals surface area contributed by atoms with Crippen molar-refractivity contribution in [3.05, 3.63) is 42.3 Å². The quantitative estimate of drug-likeness (QED) is 0.845. The number of aromatic amines is 1. The zero-order chi connectivity index (χ0) is 19.5. The van der Waals surface area contributed by atoms with Gasteiger partial charge < -0.3 is 14.5 Å². The first-order valence-corrected chi connectivity index (χ1v) is 9.32. The van der Waals surface area contributed by atoms with Crippen molar-refractivity contribution in [3.8, 4) is 11.5 Å². The molecule has 0 bridgehead atoms. The fourth-order valence-corrected chi connectivity index (χ4v) is 3.33. The molecule has 0 spiro atoms. The van der Waals surface area contributed by atoms with Gasteiger partial charge >= 0.3 is 0 Å². The number of nitrogens with one attached hydrogen (secondary N) is 1. The lowest BCUT2D eigenvalue weighted by Gasteiger charge is -2.12. The lowest BCUT2D eigenvalue weighted by Crippen LogP contribution is -2.22. The van der Waals surface area contributed by atoms with Crippen LogP contribution in [0.2, 0.25) is 5.02 Å². The molecule has 26 heavy (non-hydrogen) atoms. The molecule has 1 aromatic carbocycles. The summed E-state index contributed by atoms with van der Waals surface area (Å²) < 4.78 is 11.8. The minimum Gasteiger partial charge on any atom is -0.491 e. The molecule has 0 saturated carbocycles. The highest BCUT2D eigenvalue weighted by atomic mass is 35.5. The van der Waals surface area contributed by atoms with Crippen molar-refractivity contribution < 1.29 is 14.3 Å². The zero-order valence-electron chi connectivity index (χ0n) is 15.4. The van der Waals surface area contributed by atoms with Gasteiger partial charge in [0, 0.05) is 11.5 Å². The van der Waals surface area contributed by atoms with Gasteiger partial charge in [-0.25, -0.2) is 0 Å². The summed E-state index contributed by atoms with van der Waals surface area (Å²) in [7, 11) is 1.52. The van der Waals surface area contributed by atoms with E-state index in [-0.39, 0.29) is 11.3 Å². The maximum absolute atomic E-state index is 12.2. The molecule has 0 aliphatic carbocycles. The number of ketones is 1. The smallest absolute Gasteiger partial charge is 0.266 e. The highest BCUT2D eigenvalue weighted by Gasteiger charge is 2.18. The lowest BCUT2D eigenvalue weighted by molar-refractivity contribution is -0.119. The van der Waals surface area contributed by atoms with Crippen LogP contribution in [0.3, 0.4) is 0 Å². The third-order valence-corrected chi connectivity index (χ3v) is 4.76. The number of hydrogen-bond donors (Lipinski definition) is 1. The SMILES string of the molecule is CCOc1cc(C=c2sc(=CC(=O)C(C)(C)C)[nH]c2=O)cc(Cl)c1OC. The Hall–Kier alpha value is -2.05. The molecule has 1 N–H and O–H groups in total. The third-order valence-electron chi connectivity index (χ3n) is 3.52. The van der Waals surface area contributed by atoms with Gasteiger partial charge in [-0.2, -0.15) is 0 Å². The average molecular weight is 396 g/mol. The van der Waals surface area contributed by atoms with E-state index in [1.165, 1.54) is 24.5 Å². The van der Waals surface area contributed by atoms with Gasteiger partial charge in [-0.05, 0) is 30.7 Å². The van der Waals surface area contributed by atoms with E-state index in [0.717, 1.165) is 0 Å². The Kier molecular flexibility index (Phi) is 6.31. The number of H-pyrrole nitrogens is 1. The Bertz CT molecular complexity index is 982. The summed E-state index contributed by atoms with van der Waals surface area (Å²) in [5, 5.41) is 0.396. The van der Waals surface area contributed by atoms with Gasteiger partial charge in [-0.1, -0.05) is 32.4 Å². The second-order valence-corrected chi connectivity index (χ2v) is 8.15. The minimum absolute atomic E-state index is 0.0485. The molecule has 2 aromatic rings. The normalized spacial score (nSPS) is 13.2. The molecule has 5 nitrogen and oxygen atoms in total. The predicted molar refractivity (Wildman–Crippen MR) is 106 cm³/mol. The third kappa shape index (κ3) is 4.77. The number of methoxy groups -OCH3 is 1. The largest absolute Gasteiger partial charge is 0.491 e. The second kappa shape index (κ2) is 8.10. The van der Waals surface area contributed by atoms with Crippen LogP contribution in [0.5, 0.6) is 11.5 Å². The maximum Gasteiger partial charge on any atom is 0.266 e. The number of hydrogen-bond acceptors (Lipinski definition) is 5. The molecule has 0 aliphatic heterocycles. The van der Waals surface area contributed by atoms with Crippen molar-refractivity contribution >= 4 is 40.9 Å². The number of ether oxygens (including phenoxy) is 2. The molecule has 0 fully saturated rings. The number of thiazole rings is 1. The molecule has 1 heterocycles. The van der Waals surface area contributed by atoms with E-state index in [1.807, 2.05) is 27.7 Å². The van der Waals surface area contributed by atoms with Gasteiger partial charge in [0.2, 0.25) is 0 Å². The van der Waals surface area contributed by atoms with Crippen LogP contribution in [0.4, 0.5) is 0 Å². The summed E-state index contributed by atoms with van der Waals surface area (Å²) in [6.07, 6.45) is 3.17. The van der Waals surface area contributed by atoms with Crippen LogP contribution < -0.4 is 24.2 Å². The molecule has 0 amide bonds. The van der Waals surface area contributed by atoms with E-state index in [1.54, 1.807) is 18.2 Å². The Morgan fingerprint density at radius 3 is 2.62 bits per heavy atom. The van der Waals surface area contributed by atoms with Crippen LogP contribution in [-0.2, 0) is 4.79 Å². The van der Waals surface area contributed by atoms with Crippen LogP contribution >= 0.6 is 22.9 Å². The topological polar surface area (TPSA) is 68.4 Å². The number of Topliss-reactive ketones (excluding diaryl/α,β-unsaturated/α-hetero) is 1. The van der Waals surface area contributed by atoms with Crippen molar-refractivity contribution in [1.82, 2.24) is 4.98 Å². The molecule has 1 aromatic heterocycles. The van der Waals surface area contributed by atoms with Crippen molar-refractivity contribution in [2.24, 2.45) is 5.41 Å². The molecule has 0 atom stereocenters. The summed E-state index contributed by atoms with van der Waals surface area (Å²) in [4.78, 5) is 27.0. The van der Waals surface area contributed by atoms with Crippen LogP contribution in [0.25, 0.3) is 12.2 Å². The first-order valence-electron chi connectivity index (χ1n) is 8.13. The fourth-order valence-electron chi connectivity index (χ4n) is 2.14. The molecule has 0 saturated heterocycles. The van der Waals surface area contributed by atoms with E-state index in [2.05, 4.69) is 4.98 Å². The zero-order valence-corrected chi connectivity index (χ0v) is 17.0. The second-order valence-electron chi connectivity index (χ2n) is 6.65. The van der Waals surface area contributed by atoms with E-state index in [9.17, 15) is 9.59 Å². The molecule has 2 rings (SSSR count). The highest BCUT2D eigenvalue weighted by Crippen LogP contribution is 2.36. The summed E-state index contributed by atoms with van der Waals surface area (Å²) >= 11 is 7.46. The molecular weight excluding hydrogens is 374 g/mol. The van der Waals surface area contributed by atoms with Gasteiger partial charge in [-0.3, -0.25) is 9.59 Å². The molecule has 7 heteroatoms. The number of carbonyl (C=O) groups excluding carboxylic acids is 1. The van der Waals surface area contributed by atoms with Crippen LogP contribution in [0, 0.1) is 5.41 Å². The predicted octanol–water partition coefficient (Wildman–Crippen LogP) is 2.72. The first kappa shape index (κ1) is 20.3. The van der Waals surface area contributed by atoms with Crippen molar-refractivity contribution in [2.75, 3.05) is 13.7 Å². The monoisotopic (exact) mass is 395 g/mol. The van der Waals surface area contributed by atoms with Gasteiger partial charge in [-0.15, -0.1) is 11.3 Å². The van der Waals surface area contributed by atoms with E-state index >= 15 is 0 Å². The van der Waals surface area contributed by atoms with E-state index in [4.69, 9.17) is 21.1 Å². The molecule has 140 valence electrons. The summed E-state index contributed by atoms with van der Waals surface area (Å²) in [6.45, 7) is 7.82. The molecule has 0 radical (unpaired) electrons. The van der Waals surface area contributed by atoms with Crippen molar-refractivity contribution in [2.45, 2.75) is 27.7 Å². The number of carbonyl (C=O) groups is 1. The summed E-state index contributed by atoms with van der Waals surface area (Å²) in [6, 6.07) is 3.46. The average Bonchev–Trinajstić information content (AvgIpc) is 2.86. The Morgan fingerprint density at radius 1 is 1.35 bits per heavy atom. The fraction of sp³-hybridized carbons (Fsp3) is 0.368. The van der Waals surface area contributed by atoms with Crippen molar-refractivity contribution in [1.29, 1.82) is 0 Å². The minimum atomic E-state index is -0.499.